The summed E-state index contributed by atoms with van der Waals surface area (Å²) in [6.07, 6.45) is 1.93. The van der Waals surface area contributed by atoms with Crippen LogP contribution in [0, 0.1) is 6.92 Å². The number of nitrogens with one attached hydrogen (secondary N) is 2. The molecule has 26 heavy (non-hydrogen) atoms. The first kappa shape index (κ1) is 18.9. The van der Waals surface area contributed by atoms with Gasteiger partial charge in [0.05, 0.1) is 11.0 Å². The minimum Gasteiger partial charge on any atom is -0.358 e. The van der Waals surface area contributed by atoms with Gasteiger partial charge >= 0.3 is 0 Å². The van der Waals surface area contributed by atoms with Gasteiger partial charge in [0.1, 0.15) is 0 Å². The molecule has 0 radical (unpaired) electrons. The molecular weight excluding hydrogens is 432 g/mol. The number of rotatable bonds is 5. The molecular formula is C19H18BrClN4S. The molecule has 1 heterocycles. The Morgan fingerprint density at radius 1 is 1.12 bits per heavy atom. The van der Waals surface area contributed by atoms with E-state index in [9.17, 15) is 0 Å². The third kappa shape index (κ3) is 5.30. The van der Waals surface area contributed by atoms with Gasteiger partial charge in [-0.1, -0.05) is 53.6 Å². The molecule has 3 aromatic rings. The smallest absolute Gasteiger partial charge is 0.172 e. The van der Waals surface area contributed by atoms with Gasteiger partial charge in [0.15, 0.2) is 10.9 Å². The molecule has 3 rings (SSSR count). The molecule has 0 spiro atoms. The number of aromatic nitrogens is 2. The van der Waals surface area contributed by atoms with Gasteiger partial charge in [0.2, 0.25) is 0 Å². The molecule has 0 aliphatic heterocycles. The van der Waals surface area contributed by atoms with E-state index in [2.05, 4.69) is 62.9 Å². The predicted molar refractivity (Wildman–Crippen MR) is 115 cm³/mol. The molecule has 0 atom stereocenters. The lowest BCUT2D eigenvalue weighted by atomic mass is 10.1. The van der Waals surface area contributed by atoms with Crippen molar-refractivity contribution in [1.82, 2.24) is 15.1 Å². The van der Waals surface area contributed by atoms with Crippen molar-refractivity contribution in [3.63, 3.8) is 0 Å². The molecule has 0 saturated carbocycles. The molecule has 4 nitrogen and oxygen atoms in total. The maximum absolute atomic E-state index is 5.89. The summed E-state index contributed by atoms with van der Waals surface area (Å²) in [6, 6.07) is 16.1. The minimum absolute atomic E-state index is 0.515. The van der Waals surface area contributed by atoms with Crippen molar-refractivity contribution in [2.45, 2.75) is 20.0 Å². The highest BCUT2D eigenvalue weighted by molar-refractivity contribution is 9.10. The average molecular weight is 450 g/mol. The number of halogens is 2. The van der Waals surface area contributed by atoms with E-state index >= 15 is 0 Å². The number of hydrogen-bond acceptors (Lipinski definition) is 2. The summed E-state index contributed by atoms with van der Waals surface area (Å²) in [5.41, 5.74) is 3.54. The Morgan fingerprint density at radius 3 is 2.46 bits per heavy atom. The molecule has 1 aromatic heterocycles. The van der Waals surface area contributed by atoms with E-state index in [0.29, 0.717) is 24.0 Å². The molecule has 0 saturated heterocycles. The Labute approximate surface area is 171 Å². The monoisotopic (exact) mass is 448 g/mol. The fourth-order valence-electron chi connectivity index (χ4n) is 2.38. The van der Waals surface area contributed by atoms with Gasteiger partial charge in [0.25, 0.3) is 0 Å². The van der Waals surface area contributed by atoms with E-state index < -0.39 is 0 Å². The summed E-state index contributed by atoms with van der Waals surface area (Å²) in [6.45, 7) is 3.39. The van der Waals surface area contributed by atoms with Crippen LogP contribution in [0.15, 0.2) is 59.2 Å². The number of aryl methyl sites for hydroxylation is 1. The zero-order valence-electron chi connectivity index (χ0n) is 14.2. The highest BCUT2D eigenvalue weighted by Crippen LogP contribution is 2.21. The molecule has 134 valence electrons. The highest BCUT2D eigenvalue weighted by Gasteiger charge is 2.08. The first-order valence-corrected chi connectivity index (χ1v) is 9.65. The number of nitrogens with zero attached hydrogens (tertiary/aromatic N) is 2. The van der Waals surface area contributed by atoms with Crippen LogP contribution in [0.3, 0.4) is 0 Å². The van der Waals surface area contributed by atoms with Crippen LogP contribution in [0.5, 0.6) is 0 Å². The van der Waals surface area contributed by atoms with Crippen molar-refractivity contribution < 1.29 is 0 Å². The largest absolute Gasteiger partial charge is 0.358 e. The van der Waals surface area contributed by atoms with Crippen LogP contribution in [0.2, 0.25) is 5.02 Å². The van der Waals surface area contributed by atoms with Gasteiger partial charge in [-0.25, -0.2) is 0 Å². The van der Waals surface area contributed by atoms with E-state index in [1.165, 1.54) is 11.1 Å². The second-order valence-electron chi connectivity index (χ2n) is 5.94. The van der Waals surface area contributed by atoms with Crippen molar-refractivity contribution in [1.29, 1.82) is 0 Å². The summed E-state index contributed by atoms with van der Waals surface area (Å²) in [5, 5.41) is 12.1. The van der Waals surface area contributed by atoms with Gasteiger partial charge < -0.3 is 10.6 Å². The fourth-order valence-corrected chi connectivity index (χ4v) is 3.09. The lowest BCUT2D eigenvalue weighted by Gasteiger charge is -2.09. The molecule has 0 unspecified atom stereocenters. The van der Waals surface area contributed by atoms with E-state index in [0.717, 1.165) is 15.1 Å². The summed E-state index contributed by atoms with van der Waals surface area (Å²) in [7, 11) is 0. The van der Waals surface area contributed by atoms with E-state index in [1.54, 1.807) is 0 Å². The van der Waals surface area contributed by atoms with Gasteiger partial charge in [-0.3, -0.25) is 4.68 Å². The van der Waals surface area contributed by atoms with Crippen molar-refractivity contribution >= 4 is 50.7 Å². The van der Waals surface area contributed by atoms with Crippen LogP contribution < -0.4 is 10.6 Å². The Hall–Kier alpha value is -1.89. The van der Waals surface area contributed by atoms with Crippen LogP contribution in [0.1, 0.15) is 16.7 Å². The third-order valence-electron chi connectivity index (χ3n) is 3.78. The fraction of sp³-hybridized carbons (Fsp3) is 0.158. The standard InChI is InChI=1S/C19H18BrClN4S/c1-13-2-4-15(5-3-13)11-25-12-17(20)18(24-25)23-19(26)22-10-14-6-8-16(21)9-7-14/h2-9,12H,10-11H2,1H3,(H2,22,23,24,26). The van der Waals surface area contributed by atoms with Crippen LogP contribution in [-0.4, -0.2) is 14.9 Å². The van der Waals surface area contributed by atoms with Crippen molar-refractivity contribution in [2.75, 3.05) is 5.32 Å². The number of benzene rings is 2. The van der Waals surface area contributed by atoms with E-state index in [1.807, 2.05) is 35.1 Å². The summed E-state index contributed by atoms with van der Waals surface area (Å²) < 4.78 is 2.74. The lowest BCUT2D eigenvalue weighted by molar-refractivity contribution is 0.689. The quantitative estimate of drug-likeness (QED) is 0.529. The first-order chi connectivity index (χ1) is 12.5. The SMILES string of the molecule is Cc1ccc(Cn2cc(Br)c(NC(=S)NCc3ccc(Cl)cc3)n2)cc1. The molecule has 0 aliphatic rings. The molecule has 2 N–H and O–H groups in total. The normalized spacial score (nSPS) is 10.6. The van der Waals surface area contributed by atoms with Crippen LogP contribution in [0.25, 0.3) is 0 Å². The number of hydrogen-bond donors (Lipinski definition) is 2. The molecule has 0 fully saturated rings. The Bertz CT molecular complexity index is 891. The highest BCUT2D eigenvalue weighted by atomic mass is 79.9. The first-order valence-electron chi connectivity index (χ1n) is 8.07. The Balaban J connectivity index is 1.57. The number of thiocarbonyl (C=S) groups is 1. The average Bonchev–Trinajstić information content (AvgIpc) is 2.95. The molecule has 0 amide bonds. The number of anilines is 1. The zero-order valence-corrected chi connectivity index (χ0v) is 17.3. The summed E-state index contributed by atoms with van der Waals surface area (Å²) in [5.74, 6) is 0.686. The van der Waals surface area contributed by atoms with Gasteiger partial charge in [-0.15, -0.1) is 0 Å². The van der Waals surface area contributed by atoms with Crippen molar-refractivity contribution in [3.05, 3.63) is 80.9 Å². The lowest BCUT2D eigenvalue weighted by Crippen LogP contribution is -2.28. The van der Waals surface area contributed by atoms with E-state index in [4.69, 9.17) is 23.8 Å². The zero-order chi connectivity index (χ0) is 18.5. The molecule has 0 bridgehead atoms. The minimum atomic E-state index is 0.515. The van der Waals surface area contributed by atoms with Crippen LogP contribution in [-0.2, 0) is 13.1 Å². The van der Waals surface area contributed by atoms with Crippen molar-refractivity contribution in [3.8, 4) is 0 Å². The molecule has 2 aromatic carbocycles. The second-order valence-corrected chi connectivity index (χ2v) is 7.64. The molecule has 0 aliphatic carbocycles. The summed E-state index contributed by atoms with van der Waals surface area (Å²) >= 11 is 14.8. The van der Waals surface area contributed by atoms with Crippen LogP contribution >= 0.6 is 39.7 Å². The van der Waals surface area contributed by atoms with E-state index in [-0.39, 0.29) is 0 Å². The summed E-state index contributed by atoms with van der Waals surface area (Å²) in [4.78, 5) is 0. The van der Waals surface area contributed by atoms with Crippen LogP contribution in [0.4, 0.5) is 5.82 Å². The van der Waals surface area contributed by atoms with Crippen molar-refractivity contribution in [2.24, 2.45) is 0 Å². The Morgan fingerprint density at radius 2 is 1.77 bits per heavy atom. The molecule has 7 heteroatoms. The maximum Gasteiger partial charge on any atom is 0.172 e. The predicted octanol–water partition coefficient (Wildman–Crippen LogP) is 5.14. The topological polar surface area (TPSA) is 41.9 Å². The van der Waals surface area contributed by atoms with Gasteiger partial charge in [-0.05, 0) is 58.3 Å². The third-order valence-corrected chi connectivity index (χ3v) is 4.86. The second kappa shape index (κ2) is 8.66. The maximum atomic E-state index is 5.89. The van der Waals surface area contributed by atoms with Gasteiger partial charge in [0, 0.05) is 17.8 Å². The van der Waals surface area contributed by atoms with Gasteiger partial charge in [-0.2, -0.15) is 5.10 Å². The Kier molecular flexibility index (Phi) is 6.29.